The number of amides is 2. The Labute approximate surface area is 176 Å². The Hall–Kier alpha value is -3.44. The zero-order valence-corrected chi connectivity index (χ0v) is 17.3. The molecule has 0 radical (unpaired) electrons. The van der Waals surface area contributed by atoms with Crippen LogP contribution in [-0.2, 0) is 10.2 Å². The molecule has 1 unspecified atom stereocenters. The van der Waals surface area contributed by atoms with Crippen LogP contribution >= 0.6 is 0 Å². The second kappa shape index (κ2) is 8.93. The van der Waals surface area contributed by atoms with Crippen LogP contribution in [0.1, 0.15) is 53.7 Å². The van der Waals surface area contributed by atoms with Crippen LogP contribution in [0.2, 0.25) is 0 Å². The number of carbonyl (C=O) groups excluding carboxylic acids is 2. The van der Waals surface area contributed by atoms with Gasteiger partial charge in [0.25, 0.3) is 11.8 Å². The van der Waals surface area contributed by atoms with Crippen molar-refractivity contribution in [1.82, 2.24) is 5.48 Å². The number of anilines is 1. The maximum Gasteiger partial charge on any atom is 0.255 e. The number of nitrogens with one attached hydrogen (secondary N) is 2. The van der Waals surface area contributed by atoms with Crippen molar-refractivity contribution in [1.29, 1.82) is 0 Å². The summed E-state index contributed by atoms with van der Waals surface area (Å²) in [5, 5.41) is 12.0. The first-order valence-corrected chi connectivity index (χ1v) is 9.80. The maximum atomic E-state index is 12.6. The van der Waals surface area contributed by atoms with Gasteiger partial charge in [0.15, 0.2) is 0 Å². The molecule has 0 aromatic heterocycles. The summed E-state index contributed by atoms with van der Waals surface area (Å²) in [4.78, 5) is 24.8. The largest absolute Gasteiger partial charge is 0.322 e. The van der Waals surface area contributed by atoms with Gasteiger partial charge in [0.1, 0.15) is 0 Å². The predicted molar refractivity (Wildman–Crippen MR) is 118 cm³/mol. The van der Waals surface area contributed by atoms with Crippen LogP contribution in [0.15, 0.2) is 78.9 Å². The third-order valence-electron chi connectivity index (χ3n) is 5.02. The van der Waals surface area contributed by atoms with Crippen LogP contribution in [0, 0.1) is 0 Å². The molecule has 0 saturated heterocycles. The van der Waals surface area contributed by atoms with Gasteiger partial charge in [-0.25, -0.2) is 5.48 Å². The smallest absolute Gasteiger partial charge is 0.255 e. The van der Waals surface area contributed by atoms with Crippen molar-refractivity contribution < 1.29 is 14.8 Å². The highest BCUT2D eigenvalue weighted by Gasteiger charge is 2.22. The summed E-state index contributed by atoms with van der Waals surface area (Å²) in [6.45, 7) is 6.39. The van der Waals surface area contributed by atoms with Crippen molar-refractivity contribution in [2.24, 2.45) is 0 Å². The average molecular weight is 402 g/mol. The van der Waals surface area contributed by atoms with Crippen LogP contribution < -0.4 is 10.8 Å². The van der Waals surface area contributed by atoms with Gasteiger partial charge >= 0.3 is 0 Å². The summed E-state index contributed by atoms with van der Waals surface area (Å²) < 4.78 is 0. The molecular weight excluding hydrogens is 376 g/mol. The molecule has 0 saturated carbocycles. The number of rotatable bonds is 5. The average Bonchev–Trinajstić information content (AvgIpc) is 2.75. The van der Waals surface area contributed by atoms with E-state index in [0.29, 0.717) is 16.8 Å². The minimum atomic E-state index is -0.647. The van der Waals surface area contributed by atoms with Gasteiger partial charge in [0.2, 0.25) is 0 Å². The fourth-order valence-electron chi connectivity index (χ4n) is 3.29. The van der Waals surface area contributed by atoms with Crippen LogP contribution in [0.3, 0.4) is 0 Å². The summed E-state index contributed by atoms with van der Waals surface area (Å²) >= 11 is 0. The molecule has 5 heteroatoms. The molecule has 1 atom stereocenters. The molecule has 3 aromatic carbocycles. The summed E-state index contributed by atoms with van der Waals surface area (Å²) in [6, 6.07) is 23.8. The Kier molecular flexibility index (Phi) is 6.33. The third-order valence-corrected chi connectivity index (χ3v) is 5.02. The van der Waals surface area contributed by atoms with Crippen molar-refractivity contribution in [3.8, 4) is 0 Å². The van der Waals surface area contributed by atoms with Crippen molar-refractivity contribution in [3.63, 3.8) is 0 Å². The van der Waals surface area contributed by atoms with E-state index >= 15 is 0 Å². The van der Waals surface area contributed by atoms with Crippen LogP contribution in [0.5, 0.6) is 0 Å². The monoisotopic (exact) mass is 402 g/mol. The molecule has 30 heavy (non-hydrogen) atoms. The Morgan fingerprint density at radius 2 is 1.37 bits per heavy atom. The minimum absolute atomic E-state index is 0.0288. The molecular formula is C25H26N2O3. The molecule has 0 spiro atoms. The predicted octanol–water partition coefficient (Wildman–Crippen LogP) is 4.87. The summed E-state index contributed by atoms with van der Waals surface area (Å²) in [5.41, 5.74) is 5.60. The fourth-order valence-corrected chi connectivity index (χ4v) is 3.29. The molecule has 0 aliphatic heterocycles. The molecule has 2 amide bonds. The van der Waals surface area contributed by atoms with Gasteiger partial charge in [-0.3, -0.25) is 14.8 Å². The van der Waals surface area contributed by atoms with Gasteiger partial charge in [-0.05, 0) is 46.4 Å². The lowest BCUT2D eigenvalue weighted by Gasteiger charge is -2.19. The van der Waals surface area contributed by atoms with Crippen LogP contribution in [0.25, 0.3) is 0 Å². The zero-order chi connectivity index (χ0) is 21.7. The standard InChI is InChI=1S/C25H26N2O3/c1-25(2,3)20-13-9-19(10-14-20)23(28)26-21-15-11-18(12-16-21)22(24(29)27-30)17-7-5-4-6-8-17/h4-16,22,30H,1-3H3,(H,26,28)(H,27,29). The Morgan fingerprint density at radius 1 is 0.800 bits per heavy atom. The summed E-state index contributed by atoms with van der Waals surface area (Å²) in [5.74, 6) is -1.36. The van der Waals surface area contributed by atoms with Gasteiger partial charge in [-0.2, -0.15) is 0 Å². The first kappa shape index (κ1) is 21.3. The van der Waals surface area contributed by atoms with E-state index in [1.165, 1.54) is 0 Å². The Bertz CT molecular complexity index is 1010. The molecule has 154 valence electrons. The zero-order valence-electron chi connectivity index (χ0n) is 17.3. The molecule has 0 aliphatic rings. The number of hydroxylamine groups is 1. The Balaban J connectivity index is 1.76. The van der Waals surface area contributed by atoms with E-state index in [1.807, 2.05) is 54.6 Å². The van der Waals surface area contributed by atoms with E-state index in [9.17, 15) is 9.59 Å². The second-order valence-corrected chi connectivity index (χ2v) is 8.22. The number of carbonyl (C=O) groups is 2. The lowest BCUT2D eigenvalue weighted by molar-refractivity contribution is -0.129. The topological polar surface area (TPSA) is 78.4 Å². The van der Waals surface area contributed by atoms with Gasteiger partial charge < -0.3 is 5.32 Å². The molecule has 0 fully saturated rings. The molecule has 0 bridgehead atoms. The molecule has 3 N–H and O–H groups in total. The third kappa shape index (κ3) is 4.93. The highest BCUT2D eigenvalue weighted by atomic mass is 16.5. The quantitative estimate of drug-likeness (QED) is 0.421. The van der Waals surface area contributed by atoms with Crippen LogP contribution in [-0.4, -0.2) is 17.0 Å². The normalized spacial score (nSPS) is 12.1. The molecule has 0 heterocycles. The number of hydrogen-bond acceptors (Lipinski definition) is 3. The van der Waals surface area contributed by atoms with Gasteiger partial charge in [0.05, 0.1) is 5.92 Å². The second-order valence-electron chi connectivity index (χ2n) is 8.22. The number of hydrogen-bond donors (Lipinski definition) is 3. The highest BCUT2D eigenvalue weighted by Crippen LogP contribution is 2.26. The first-order valence-electron chi connectivity index (χ1n) is 9.80. The SMILES string of the molecule is CC(C)(C)c1ccc(C(=O)Nc2ccc(C(C(=O)NO)c3ccccc3)cc2)cc1. The van der Waals surface area contributed by atoms with E-state index in [0.717, 1.165) is 11.1 Å². The summed E-state index contributed by atoms with van der Waals surface area (Å²) in [6.07, 6.45) is 0. The molecule has 5 nitrogen and oxygen atoms in total. The molecule has 3 rings (SSSR count). The van der Waals surface area contributed by atoms with Crippen LogP contribution in [0.4, 0.5) is 5.69 Å². The van der Waals surface area contributed by atoms with Crippen molar-refractivity contribution >= 4 is 17.5 Å². The van der Waals surface area contributed by atoms with Crippen molar-refractivity contribution in [2.45, 2.75) is 32.1 Å². The highest BCUT2D eigenvalue weighted by molar-refractivity contribution is 6.04. The first-order chi connectivity index (χ1) is 14.3. The van der Waals surface area contributed by atoms with Gasteiger partial charge in [0, 0.05) is 11.3 Å². The van der Waals surface area contributed by atoms with Gasteiger partial charge in [-0.1, -0.05) is 75.4 Å². The van der Waals surface area contributed by atoms with Crippen molar-refractivity contribution in [2.75, 3.05) is 5.32 Å². The van der Waals surface area contributed by atoms with E-state index < -0.39 is 11.8 Å². The minimum Gasteiger partial charge on any atom is -0.322 e. The lowest BCUT2D eigenvalue weighted by Crippen LogP contribution is -2.27. The van der Waals surface area contributed by atoms with Crippen molar-refractivity contribution in [3.05, 3.63) is 101 Å². The number of benzene rings is 3. The molecule has 0 aliphatic carbocycles. The van der Waals surface area contributed by atoms with E-state index in [2.05, 4.69) is 26.1 Å². The summed E-state index contributed by atoms with van der Waals surface area (Å²) in [7, 11) is 0. The molecule has 3 aromatic rings. The van der Waals surface area contributed by atoms with Gasteiger partial charge in [-0.15, -0.1) is 0 Å². The fraction of sp³-hybridized carbons (Fsp3) is 0.200. The Morgan fingerprint density at radius 3 is 1.90 bits per heavy atom. The van der Waals surface area contributed by atoms with E-state index in [1.54, 1.807) is 29.7 Å². The lowest BCUT2D eigenvalue weighted by atomic mass is 9.86. The van der Waals surface area contributed by atoms with E-state index in [-0.39, 0.29) is 11.3 Å². The maximum absolute atomic E-state index is 12.6. The van der Waals surface area contributed by atoms with E-state index in [4.69, 9.17) is 5.21 Å².